The van der Waals surface area contributed by atoms with Crippen LogP contribution in [0.3, 0.4) is 0 Å². The van der Waals surface area contributed by atoms with Gasteiger partial charge in [0.2, 0.25) is 5.89 Å². The quantitative estimate of drug-likeness (QED) is 0.385. The monoisotopic (exact) mass is 444 g/mol. The van der Waals surface area contributed by atoms with Crippen molar-refractivity contribution < 1.29 is 4.42 Å². The van der Waals surface area contributed by atoms with E-state index < -0.39 is 0 Å². The zero-order chi connectivity index (χ0) is 21.5. The molecule has 0 spiro atoms. The van der Waals surface area contributed by atoms with E-state index in [1.54, 1.807) is 0 Å². The SMILES string of the molecule is O=c1c2ccc(-c3nnc(SCc4cn5ccccc5n4)o3)cc2nc2n1CCCCC2. The molecule has 0 bridgehead atoms. The Bertz CT molecular complexity index is 1470. The Morgan fingerprint density at radius 2 is 2.03 bits per heavy atom. The molecule has 1 aliphatic heterocycles. The van der Waals surface area contributed by atoms with Gasteiger partial charge in [0.15, 0.2) is 0 Å². The maximum Gasteiger partial charge on any atom is 0.277 e. The molecule has 0 unspecified atom stereocenters. The second-order valence-corrected chi connectivity index (χ2v) is 8.81. The van der Waals surface area contributed by atoms with Gasteiger partial charge in [-0.15, -0.1) is 10.2 Å². The molecule has 0 saturated heterocycles. The average molecular weight is 445 g/mol. The second kappa shape index (κ2) is 7.90. The fourth-order valence-corrected chi connectivity index (χ4v) is 4.78. The normalized spacial score (nSPS) is 14.0. The zero-order valence-electron chi connectivity index (χ0n) is 17.3. The number of aromatic nitrogens is 6. The van der Waals surface area contributed by atoms with Crippen molar-refractivity contribution in [3.8, 4) is 11.5 Å². The number of fused-ring (bicyclic) bond motifs is 3. The summed E-state index contributed by atoms with van der Waals surface area (Å²) in [6, 6.07) is 11.4. The minimum Gasteiger partial charge on any atom is -0.411 e. The van der Waals surface area contributed by atoms with Gasteiger partial charge in [-0.25, -0.2) is 9.97 Å². The highest BCUT2D eigenvalue weighted by Crippen LogP contribution is 2.27. The molecule has 9 heteroatoms. The van der Waals surface area contributed by atoms with Gasteiger partial charge in [0, 0.05) is 36.7 Å². The van der Waals surface area contributed by atoms with E-state index in [0.717, 1.165) is 55.0 Å². The Balaban J connectivity index is 1.26. The smallest absolute Gasteiger partial charge is 0.277 e. The topological polar surface area (TPSA) is 91.1 Å². The Hall–Kier alpha value is -3.46. The molecule has 0 saturated carbocycles. The van der Waals surface area contributed by atoms with Crippen LogP contribution in [0.5, 0.6) is 0 Å². The van der Waals surface area contributed by atoms with Crippen molar-refractivity contribution in [2.75, 3.05) is 0 Å². The first-order valence-electron chi connectivity index (χ1n) is 10.7. The number of benzene rings is 1. The van der Waals surface area contributed by atoms with E-state index in [1.807, 2.05) is 57.8 Å². The molecular weight excluding hydrogens is 424 g/mol. The summed E-state index contributed by atoms with van der Waals surface area (Å²) in [6.07, 6.45) is 8.02. The van der Waals surface area contributed by atoms with Crippen molar-refractivity contribution in [1.82, 2.24) is 29.1 Å². The van der Waals surface area contributed by atoms with E-state index in [1.165, 1.54) is 11.8 Å². The summed E-state index contributed by atoms with van der Waals surface area (Å²) in [5.41, 5.74) is 3.32. The van der Waals surface area contributed by atoms with E-state index in [4.69, 9.17) is 9.40 Å². The number of hydrogen-bond acceptors (Lipinski definition) is 7. The summed E-state index contributed by atoms with van der Waals surface area (Å²) in [6.45, 7) is 0.745. The van der Waals surface area contributed by atoms with Crippen molar-refractivity contribution in [3.63, 3.8) is 0 Å². The number of pyridine rings is 1. The lowest BCUT2D eigenvalue weighted by atomic mass is 10.1. The molecule has 0 amide bonds. The summed E-state index contributed by atoms with van der Waals surface area (Å²) in [7, 11) is 0. The summed E-state index contributed by atoms with van der Waals surface area (Å²) >= 11 is 1.45. The number of rotatable bonds is 4. The highest BCUT2D eigenvalue weighted by Gasteiger charge is 2.16. The minimum atomic E-state index is 0.0349. The fraction of sp³-hybridized carbons (Fsp3) is 0.261. The van der Waals surface area contributed by atoms with E-state index in [9.17, 15) is 4.79 Å². The Labute approximate surface area is 187 Å². The van der Waals surface area contributed by atoms with Gasteiger partial charge in [0.25, 0.3) is 10.8 Å². The molecule has 0 atom stereocenters. The summed E-state index contributed by atoms with van der Waals surface area (Å²) in [5, 5.41) is 9.47. The van der Waals surface area contributed by atoms with E-state index in [2.05, 4.69) is 15.2 Å². The maximum absolute atomic E-state index is 12.9. The van der Waals surface area contributed by atoms with Crippen molar-refractivity contribution in [2.45, 2.75) is 43.2 Å². The molecule has 5 aromatic rings. The summed E-state index contributed by atoms with van der Waals surface area (Å²) < 4.78 is 9.69. The highest BCUT2D eigenvalue weighted by molar-refractivity contribution is 7.98. The molecule has 0 aliphatic carbocycles. The third-order valence-corrected chi connectivity index (χ3v) is 6.58. The van der Waals surface area contributed by atoms with Gasteiger partial charge in [0.05, 0.1) is 16.6 Å². The number of thioether (sulfide) groups is 1. The van der Waals surface area contributed by atoms with Crippen LogP contribution in [0.1, 0.15) is 30.8 Å². The van der Waals surface area contributed by atoms with E-state index in [-0.39, 0.29) is 5.56 Å². The molecule has 8 nitrogen and oxygen atoms in total. The van der Waals surface area contributed by atoms with Gasteiger partial charge in [0.1, 0.15) is 11.5 Å². The number of aryl methyl sites for hydroxylation is 1. The Morgan fingerprint density at radius 3 is 2.97 bits per heavy atom. The maximum atomic E-state index is 12.9. The fourth-order valence-electron chi connectivity index (χ4n) is 4.13. The third-order valence-electron chi connectivity index (χ3n) is 5.73. The molecular formula is C23H20N6O2S. The largest absolute Gasteiger partial charge is 0.411 e. The van der Waals surface area contributed by atoms with Crippen molar-refractivity contribution in [2.24, 2.45) is 0 Å². The summed E-state index contributed by atoms with van der Waals surface area (Å²) in [4.78, 5) is 22.3. The molecule has 5 heterocycles. The van der Waals surface area contributed by atoms with E-state index in [0.29, 0.717) is 27.8 Å². The van der Waals surface area contributed by atoms with Crippen molar-refractivity contribution >= 4 is 28.3 Å². The molecule has 0 fully saturated rings. The van der Waals surface area contributed by atoms with Gasteiger partial charge < -0.3 is 8.82 Å². The van der Waals surface area contributed by atoms with Crippen LogP contribution < -0.4 is 5.56 Å². The standard InChI is InChI=1S/C23H20N6O2S/c30-22-17-9-8-15(12-18(17)25-20-7-2-1-4-11-29(20)22)21-26-27-23(31-21)32-14-16-13-28-10-5-3-6-19(28)24-16/h3,5-6,8-10,12-13H,1-2,4,7,11,14H2. The third kappa shape index (κ3) is 3.48. The zero-order valence-corrected chi connectivity index (χ0v) is 18.1. The van der Waals surface area contributed by atoms with Gasteiger partial charge in [-0.05, 0) is 43.2 Å². The van der Waals surface area contributed by atoms with E-state index >= 15 is 0 Å². The lowest BCUT2D eigenvalue weighted by molar-refractivity contribution is 0.466. The highest BCUT2D eigenvalue weighted by atomic mass is 32.2. The predicted molar refractivity (Wildman–Crippen MR) is 122 cm³/mol. The number of hydrogen-bond donors (Lipinski definition) is 0. The van der Waals surface area contributed by atoms with Crippen LogP contribution in [-0.2, 0) is 18.7 Å². The van der Waals surface area contributed by atoms with Crippen LogP contribution in [0.4, 0.5) is 0 Å². The number of nitrogens with zero attached hydrogens (tertiary/aromatic N) is 6. The summed E-state index contributed by atoms with van der Waals surface area (Å²) in [5.74, 6) is 1.92. The molecule has 0 N–H and O–H groups in total. The van der Waals surface area contributed by atoms with Crippen LogP contribution in [0.2, 0.25) is 0 Å². The predicted octanol–water partition coefficient (Wildman–Crippen LogP) is 4.11. The number of imidazole rings is 1. The van der Waals surface area contributed by atoms with Gasteiger partial charge in [-0.1, -0.05) is 24.2 Å². The molecule has 1 aliphatic rings. The Kier molecular flexibility index (Phi) is 4.75. The average Bonchev–Trinajstić information content (AvgIpc) is 3.38. The van der Waals surface area contributed by atoms with Gasteiger partial charge >= 0.3 is 0 Å². The molecule has 6 rings (SSSR count). The second-order valence-electron chi connectivity index (χ2n) is 7.89. The Morgan fingerprint density at radius 1 is 1.06 bits per heavy atom. The van der Waals surface area contributed by atoms with Crippen LogP contribution in [-0.4, -0.2) is 29.1 Å². The van der Waals surface area contributed by atoms with Crippen molar-refractivity contribution in [1.29, 1.82) is 0 Å². The molecule has 1 aromatic carbocycles. The lowest BCUT2D eigenvalue weighted by Crippen LogP contribution is -2.24. The first kappa shape index (κ1) is 19.2. The van der Waals surface area contributed by atoms with Crippen LogP contribution in [0.25, 0.3) is 28.0 Å². The van der Waals surface area contributed by atoms with Crippen LogP contribution in [0.15, 0.2) is 63.2 Å². The van der Waals surface area contributed by atoms with Gasteiger partial charge in [-0.3, -0.25) is 9.36 Å². The molecule has 0 radical (unpaired) electrons. The molecule has 160 valence electrons. The van der Waals surface area contributed by atoms with Crippen LogP contribution in [0, 0.1) is 0 Å². The molecule has 32 heavy (non-hydrogen) atoms. The molecule has 4 aromatic heterocycles. The first-order chi connectivity index (χ1) is 15.7. The lowest BCUT2D eigenvalue weighted by Gasteiger charge is -2.10. The first-order valence-corrected chi connectivity index (χ1v) is 11.7. The van der Waals surface area contributed by atoms with Gasteiger partial charge in [-0.2, -0.15) is 0 Å². The van der Waals surface area contributed by atoms with Crippen LogP contribution >= 0.6 is 11.8 Å². The minimum absolute atomic E-state index is 0.0349. The van der Waals surface area contributed by atoms with Crippen molar-refractivity contribution in [3.05, 3.63) is 70.7 Å².